The molecule has 0 saturated carbocycles. The predicted molar refractivity (Wildman–Crippen MR) is 99.3 cm³/mol. The van der Waals surface area contributed by atoms with Gasteiger partial charge in [0.15, 0.2) is 0 Å². The van der Waals surface area contributed by atoms with Crippen molar-refractivity contribution in [2.24, 2.45) is 5.92 Å². The van der Waals surface area contributed by atoms with Gasteiger partial charge in [-0.1, -0.05) is 42.5 Å². The van der Waals surface area contributed by atoms with E-state index in [1.165, 1.54) is 0 Å². The van der Waals surface area contributed by atoms with Crippen LogP contribution in [0.25, 0.3) is 0 Å². The molecule has 0 N–H and O–H groups in total. The quantitative estimate of drug-likeness (QED) is 0.859. The molecule has 0 radical (unpaired) electrons. The number of amides is 2. The van der Waals surface area contributed by atoms with Crippen molar-refractivity contribution in [2.45, 2.75) is 26.8 Å². The number of anilines is 1. The second kappa shape index (κ2) is 7.09. The lowest BCUT2D eigenvalue weighted by Gasteiger charge is -2.22. The molecule has 3 rings (SSSR count). The van der Waals surface area contributed by atoms with Gasteiger partial charge in [-0.25, -0.2) is 0 Å². The Morgan fingerprint density at radius 1 is 1.12 bits per heavy atom. The van der Waals surface area contributed by atoms with Gasteiger partial charge in [0.25, 0.3) is 0 Å². The van der Waals surface area contributed by atoms with E-state index in [9.17, 15) is 9.59 Å². The van der Waals surface area contributed by atoms with E-state index >= 15 is 0 Å². The molecule has 1 heterocycles. The monoisotopic (exact) mass is 336 g/mol. The number of carbonyl (C=O) groups excluding carboxylic acids is 2. The van der Waals surface area contributed by atoms with Gasteiger partial charge in [0, 0.05) is 32.2 Å². The van der Waals surface area contributed by atoms with Crippen molar-refractivity contribution < 1.29 is 9.59 Å². The molecule has 2 aromatic rings. The summed E-state index contributed by atoms with van der Waals surface area (Å²) in [6.07, 6.45) is 0.283. The number of benzene rings is 2. The first-order valence-electron chi connectivity index (χ1n) is 8.63. The lowest BCUT2D eigenvalue weighted by Crippen LogP contribution is -2.34. The number of nitrogens with zero attached hydrogens (tertiary/aromatic N) is 2. The molecule has 1 aliphatic heterocycles. The minimum absolute atomic E-state index is 0.0279. The Labute approximate surface area is 149 Å². The highest BCUT2D eigenvalue weighted by molar-refractivity contribution is 6.00. The van der Waals surface area contributed by atoms with Crippen LogP contribution in [-0.4, -0.2) is 30.3 Å². The Balaban J connectivity index is 1.71. The average molecular weight is 336 g/mol. The maximum atomic E-state index is 12.8. The van der Waals surface area contributed by atoms with E-state index in [4.69, 9.17) is 0 Å². The summed E-state index contributed by atoms with van der Waals surface area (Å²) in [6, 6.07) is 15.9. The third kappa shape index (κ3) is 3.58. The van der Waals surface area contributed by atoms with Gasteiger partial charge in [-0.15, -0.1) is 0 Å². The molecule has 130 valence electrons. The van der Waals surface area contributed by atoms with Crippen molar-refractivity contribution in [2.75, 3.05) is 18.5 Å². The van der Waals surface area contributed by atoms with Crippen LogP contribution >= 0.6 is 0 Å². The van der Waals surface area contributed by atoms with Crippen LogP contribution in [0.1, 0.15) is 23.1 Å². The molecule has 1 fully saturated rings. The van der Waals surface area contributed by atoms with Crippen LogP contribution in [0.3, 0.4) is 0 Å². The summed E-state index contributed by atoms with van der Waals surface area (Å²) in [5.74, 6) is -0.216. The Morgan fingerprint density at radius 3 is 2.56 bits per heavy atom. The smallest absolute Gasteiger partial charge is 0.228 e. The third-order valence-corrected chi connectivity index (χ3v) is 4.98. The summed E-state index contributed by atoms with van der Waals surface area (Å²) < 4.78 is 0. The van der Waals surface area contributed by atoms with Gasteiger partial charge in [-0.05, 0) is 36.6 Å². The molecule has 1 saturated heterocycles. The molecular formula is C21H24N2O2. The molecule has 0 aromatic heterocycles. The minimum atomic E-state index is -0.277. The van der Waals surface area contributed by atoms with Crippen molar-refractivity contribution in [1.82, 2.24) is 4.90 Å². The highest BCUT2D eigenvalue weighted by atomic mass is 16.2. The zero-order valence-corrected chi connectivity index (χ0v) is 15.0. The lowest BCUT2D eigenvalue weighted by atomic mass is 10.1. The zero-order valence-electron chi connectivity index (χ0n) is 15.0. The van der Waals surface area contributed by atoms with Gasteiger partial charge in [0.1, 0.15) is 0 Å². The maximum Gasteiger partial charge on any atom is 0.228 e. The second-order valence-corrected chi connectivity index (χ2v) is 6.80. The highest BCUT2D eigenvalue weighted by Gasteiger charge is 2.37. The zero-order chi connectivity index (χ0) is 18.0. The van der Waals surface area contributed by atoms with Crippen LogP contribution in [0.4, 0.5) is 5.69 Å². The van der Waals surface area contributed by atoms with Gasteiger partial charge >= 0.3 is 0 Å². The highest BCUT2D eigenvalue weighted by Crippen LogP contribution is 2.30. The van der Waals surface area contributed by atoms with E-state index in [1.54, 1.807) is 16.8 Å². The number of aryl methyl sites for hydroxylation is 1. The number of rotatable bonds is 4. The molecule has 1 aliphatic rings. The van der Waals surface area contributed by atoms with Crippen molar-refractivity contribution in [3.05, 3.63) is 65.2 Å². The van der Waals surface area contributed by atoms with Crippen molar-refractivity contribution >= 4 is 17.5 Å². The minimum Gasteiger partial charge on any atom is -0.341 e. The number of hydrogen-bond donors (Lipinski definition) is 0. The predicted octanol–water partition coefficient (Wildman–Crippen LogP) is 3.31. The van der Waals surface area contributed by atoms with Crippen LogP contribution in [0.5, 0.6) is 0 Å². The Kier molecular flexibility index (Phi) is 4.88. The van der Waals surface area contributed by atoms with Crippen LogP contribution < -0.4 is 4.90 Å². The van der Waals surface area contributed by atoms with Gasteiger partial charge in [-0.2, -0.15) is 0 Å². The summed E-state index contributed by atoms with van der Waals surface area (Å²) in [5.41, 5.74) is 4.27. The largest absolute Gasteiger partial charge is 0.341 e. The molecule has 1 atom stereocenters. The molecule has 0 bridgehead atoms. The molecule has 0 spiro atoms. The second-order valence-electron chi connectivity index (χ2n) is 6.80. The fraction of sp³-hybridized carbons (Fsp3) is 0.333. The molecule has 25 heavy (non-hydrogen) atoms. The van der Waals surface area contributed by atoms with Crippen molar-refractivity contribution in [3.63, 3.8) is 0 Å². The third-order valence-electron chi connectivity index (χ3n) is 4.98. The molecular weight excluding hydrogens is 312 g/mol. The van der Waals surface area contributed by atoms with E-state index in [2.05, 4.69) is 0 Å². The summed E-state index contributed by atoms with van der Waals surface area (Å²) >= 11 is 0. The maximum absolute atomic E-state index is 12.8. The molecule has 4 nitrogen and oxygen atoms in total. The van der Waals surface area contributed by atoms with E-state index in [-0.39, 0.29) is 24.2 Å². The first-order chi connectivity index (χ1) is 12.0. The van der Waals surface area contributed by atoms with Gasteiger partial charge < -0.3 is 9.80 Å². The average Bonchev–Trinajstić information content (AvgIpc) is 2.99. The van der Waals surface area contributed by atoms with E-state index in [0.29, 0.717) is 13.1 Å². The van der Waals surface area contributed by atoms with Crippen LogP contribution in [0.15, 0.2) is 48.5 Å². The fourth-order valence-electron chi connectivity index (χ4n) is 3.38. The van der Waals surface area contributed by atoms with Crippen LogP contribution in [0, 0.1) is 19.8 Å². The van der Waals surface area contributed by atoms with Gasteiger partial charge in [0.05, 0.1) is 5.92 Å². The Morgan fingerprint density at radius 2 is 1.84 bits per heavy atom. The summed E-state index contributed by atoms with van der Waals surface area (Å²) in [7, 11) is 1.81. The van der Waals surface area contributed by atoms with E-state index < -0.39 is 0 Å². The molecule has 0 aliphatic carbocycles. The lowest BCUT2D eigenvalue weighted by molar-refractivity contribution is -0.135. The Hall–Kier alpha value is -2.62. The van der Waals surface area contributed by atoms with Gasteiger partial charge in [-0.3, -0.25) is 9.59 Å². The van der Waals surface area contributed by atoms with E-state index in [1.807, 2.05) is 62.4 Å². The van der Waals surface area contributed by atoms with Crippen LogP contribution in [0.2, 0.25) is 0 Å². The normalized spacial score (nSPS) is 17.0. The molecule has 4 heteroatoms. The first-order valence-corrected chi connectivity index (χ1v) is 8.63. The summed E-state index contributed by atoms with van der Waals surface area (Å²) in [4.78, 5) is 28.7. The fourth-order valence-corrected chi connectivity index (χ4v) is 3.38. The number of hydrogen-bond acceptors (Lipinski definition) is 2. The van der Waals surface area contributed by atoms with Crippen molar-refractivity contribution in [1.29, 1.82) is 0 Å². The molecule has 1 unspecified atom stereocenters. The SMILES string of the molecule is Cc1cccc(N2CC(C(=O)N(C)Cc3ccccc3)CC2=O)c1C. The standard InChI is InChI=1S/C21H24N2O2/c1-15-8-7-11-19(16(15)2)23-14-18(12-20(23)24)21(25)22(3)13-17-9-5-4-6-10-17/h4-11,18H,12-14H2,1-3H3. The molecule has 2 amide bonds. The summed E-state index contributed by atoms with van der Waals surface area (Å²) in [6.45, 7) is 5.08. The van der Waals surface area contributed by atoms with E-state index in [0.717, 1.165) is 22.4 Å². The van der Waals surface area contributed by atoms with Crippen molar-refractivity contribution in [3.8, 4) is 0 Å². The summed E-state index contributed by atoms with van der Waals surface area (Å²) in [5, 5.41) is 0. The Bertz CT molecular complexity index is 786. The number of carbonyl (C=O) groups is 2. The van der Waals surface area contributed by atoms with Gasteiger partial charge in [0.2, 0.25) is 11.8 Å². The van der Waals surface area contributed by atoms with Crippen LogP contribution in [-0.2, 0) is 16.1 Å². The molecule has 2 aromatic carbocycles. The topological polar surface area (TPSA) is 40.6 Å². The first kappa shape index (κ1) is 17.2.